The Balaban J connectivity index is 1.53. The number of amides is 1. The van der Waals surface area contributed by atoms with Crippen LogP contribution in [-0.4, -0.2) is 39.2 Å². The Morgan fingerprint density at radius 2 is 1.65 bits per heavy atom. The number of hydrogen-bond donors (Lipinski definition) is 0. The largest absolute Gasteiger partial charge is 0.342 e. The Labute approximate surface area is 203 Å². The van der Waals surface area contributed by atoms with Crippen molar-refractivity contribution in [2.45, 2.75) is 30.7 Å². The molecular weight excluding hydrogens is 447 g/mol. The van der Waals surface area contributed by atoms with E-state index >= 15 is 0 Å². The molecular formula is C27H27FN4OS. The second-order valence-corrected chi connectivity index (χ2v) is 9.03. The summed E-state index contributed by atoms with van der Waals surface area (Å²) >= 11 is 1.56. The van der Waals surface area contributed by atoms with E-state index in [9.17, 15) is 9.18 Å². The molecule has 0 saturated carbocycles. The molecule has 3 aromatic carbocycles. The van der Waals surface area contributed by atoms with Gasteiger partial charge in [-0.25, -0.2) is 4.39 Å². The summed E-state index contributed by atoms with van der Waals surface area (Å²) in [6, 6.07) is 24.2. The fraction of sp³-hybridized carbons (Fsp3) is 0.222. The molecule has 34 heavy (non-hydrogen) atoms. The molecule has 0 spiro atoms. The number of aromatic nitrogens is 3. The molecule has 174 valence electrons. The Morgan fingerprint density at radius 3 is 2.32 bits per heavy atom. The van der Waals surface area contributed by atoms with E-state index in [-0.39, 0.29) is 11.7 Å². The Morgan fingerprint density at radius 1 is 0.941 bits per heavy atom. The minimum absolute atomic E-state index is 0.0302. The van der Waals surface area contributed by atoms with Crippen molar-refractivity contribution in [3.05, 3.63) is 107 Å². The Hall–Kier alpha value is -3.45. The number of carbonyl (C=O) groups excluding carboxylic acids is 1. The van der Waals surface area contributed by atoms with Crippen LogP contribution in [0.2, 0.25) is 0 Å². The monoisotopic (exact) mass is 474 g/mol. The maximum atomic E-state index is 13.6. The number of thioether (sulfide) groups is 1. The summed E-state index contributed by atoms with van der Waals surface area (Å²) in [6.45, 7) is 2.79. The van der Waals surface area contributed by atoms with Crippen LogP contribution < -0.4 is 0 Å². The zero-order valence-electron chi connectivity index (χ0n) is 19.3. The van der Waals surface area contributed by atoms with Gasteiger partial charge >= 0.3 is 0 Å². The van der Waals surface area contributed by atoms with Crippen molar-refractivity contribution in [2.24, 2.45) is 0 Å². The third-order valence-corrected chi connectivity index (χ3v) is 6.46. The number of carbonyl (C=O) groups is 1. The van der Waals surface area contributed by atoms with E-state index in [4.69, 9.17) is 0 Å². The Bertz CT molecular complexity index is 1220. The quantitative estimate of drug-likeness (QED) is 0.289. The summed E-state index contributed by atoms with van der Waals surface area (Å²) in [5.41, 5.74) is 3.71. The fourth-order valence-corrected chi connectivity index (χ4v) is 4.61. The minimum Gasteiger partial charge on any atom is -0.342 e. The predicted octanol–water partition coefficient (Wildman–Crippen LogP) is 5.77. The second-order valence-electron chi connectivity index (χ2n) is 8.09. The first kappa shape index (κ1) is 23.7. The van der Waals surface area contributed by atoms with Crippen molar-refractivity contribution in [2.75, 3.05) is 13.6 Å². The van der Waals surface area contributed by atoms with E-state index < -0.39 is 0 Å². The van der Waals surface area contributed by atoms with Gasteiger partial charge in [-0.3, -0.25) is 9.36 Å². The molecule has 4 rings (SSSR count). The van der Waals surface area contributed by atoms with E-state index in [1.165, 1.54) is 12.1 Å². The minimum atomic E-state index is -0.283. The van der Waals surface area contributed by atoms with Crippen LogP contribution >= 0.6 is 11.8 Å². The molecule has 0 saturated heterocycles. The van der Waals surface area contributed by atoms with E-state index in [2.05, 4.69) is 29.3 Å². The summed E-state index contributed by atoms with van der Waals surface area (Å²) in [5, 5.41) is 9.62. The molecule has 0 radical (unpaired) electrons. The smallest absolute Gasteiger partial charge is 0.253 e. The lowest BCUT2D eigenvalue weighted by Crippen LogP contribution is -2.27. The molecule has 0 unspecified atom stereocenters. The molecule has 5 nitrogen and oxygen atoms in total. The first-order valence-electron chi connectivity index (χ1n) is 11.3. The summed E-state index contributed by atoms with van der Waals surface area (Å²) in [5.74, 6) is 1.21. The van der Waals surface area contributed by atoms with Crippen LogP contribution in [0.25, 0.3) is 5.69 Å². The lowest BCUT2D eigenvalue weighted by atomic mass is 10.1. The molecule has 1 aromatic heterocycles. The highest BCUT2D eigenvalue weighted by atomic mass is 32.2. The topological polar surface area (TPSA) is 51.0 Å². The molecule has 7 heteroatoms. The second kappa shape index (κ2) is 11.1. The molecule has 4 aromatic rings. The van der Waals surface area contributed by atoms with E-state index in [1.54, 1.807) is 28.8 Å². The highest BCUT2D eigenvalue weighted by Gasteiger charge is 2.16. The van der Waals surface area contributed by atoms with Crippen LogP contribution in [-0.2, 0) is 12.2 Å². The van der Waals surface area contributed by atoms with Crippen molar-refractivity contribution in [3.8, 4) is 5.69 Å². The number of rotatable bonds is 9. The molecule has 0 aliphatic heterocycles. The standard InChI is InChI=1S/C27H27FN4OS/c1-3-17-31(2)26(33)22-11-9-21(10-12-22)19-34-27-30-29-25(18-20-7-5-4-6-8-20)32(27)24-15-13-23(28)14-16-24/h4-16H,3,17-19H2,1-2H3. The van der Waals surface area contributed by atoms with Crippen molar-refractivity contribution < 1.29 is 9.18 Å². The van der Waals surface area contributed by atoms with E-state index in [1.807, 2.05) is 54.1 Å². The first-order chi connectivity index (χ1) is 16.5. The third kappa shape index (κ3) is 5.72. The molecule has 0 bridgehead atoms. The number of nitrogens with zero attached hydrogens (tertiary/aromatic N) is 4. The highest BCUT2D eigenvalue weighted by Crippen LogP contribution is 2.27. The van der Waals surface area contributed by atoms with Gasteiger partial charge in [0.1, 0.15) is 11.6 Å². The van der Waals surface area contributed by atoms with Gasteiger partial charge in [0.25, 0.3) is 5.91 Å². The van der Waals surface area contributed by atoms with Crippen LogP contribution in [0.1, 0.15) is 40.7 Å². The van der Waals surface area contributed by atoms with Gasteiger partial charge < -0.3 is 4.90 Å². The van der Waals surface area contributed by atoms with Crippen molar-refractivity contribution in [3.63, 3.8) is 0 Å². The average Bonchev–Trinajstić information content (AvgIpc) is 3.26. The zero-order valence-corrected chi connectivity index (χ0v) is 20.1. The van der Waals surface area contributed by atoms with Crippen LogP contribution in [0.3, 0.4) is 0 Å². The molecule has 1 heterocycles. The zero-order chi connectivity index (χ0) is 23.9. The van der Waals surface area contributed by atoms with Gasteiger partial charge in [0.05, 0.1) is 0 Å². The average molecular weight is 475 g/mol. The van der Waals surface area contributed by atoms with Gasteiger partial charge in [-0.15, -0.1) is 10.2 Å². The van der Waals surface area contributed by atoms with Crippen molar-refractivity contribution >= 4 is 17.7 Å². The molecule has 0 aliphatic carbocycles. The summed E-state index contributed by atoms with van der Waals surface area (Å²) in [4.78, 5) is 14.2. The van der Waals surface area contributed by atoms with Crippen LogP contribution in [0.15, 0.2) is 84.0 Å². The summed E-state index contributed by atoms with van der Waals surface area (Å²) in [7, 11) is 1.82. The van der Waals surface area contributed by atoms with Crippen LogP contribution in [0, 0.1) is 5.82 Å². The van der Waals surface area contributed by atoms with E-state index in [0.29, 0.717) is 17.7 Å². The third-order valence-electron chi connectivity index (χ3n) is 5.46. The normalized spacial score (nSPS) is 10.9. The lowest BCUT2D eigenvalue weighted by Gasteiger charge is -2.16. The van der Waals surface area contributed by atoms with Gasteiger partial charge in [-0.1, -0.05) is 61.2 Å². The molecule has 0 aliphatic rings. The van der Waals surface area contributed by atoms with E-state index in [0.717, 1.165) is 40.8 Å². The highest BCUT2D eigenvalue weighted by molar-refractivity contribution is 7.98. The predicted molar refractivity (Wildman–Crippen MR) is 134 cm³/mol. The van der Waals surface area contributed by atoms with Gasteiger partial charge in [-0.2, -0.15) is 0 Å². The lowest BCUT2D eigenvalue weighted by molar-refractivity contribution is 0.0795. The van der Waals surface area contributed by atoms with Gasteiger partial charge in [0.2, 0.25) is 0 Å². The number of hydrogen-bond acceptors (Lipinski definition) is 4. The summed E-state index contributed by atoms with van der Waals surface area (Å²) < 4.78 is 15.5. The number of halogens is 1. The fourth-order valence-electron chi connectivity index (χ4n) is 3.68. The summed E-state index contributed by atoms with van der Waals surface area (Å²) in [6.07, 6.45) is 1.55. The van der Waals surface area contributed by atoms with Gasteiger partial charge in [0, 0.05) is 37.0 Å². The van der Waals surface area contributed by atoms with Crippen molar-refractivity contribution in [1.82, 2.24) is 19.7 Å². The van der Waals surface area contributed by atoms with Crippen LogP contribution in [0.5, 0.6) is 0 Å². The SMILES string of the molecule is CCCN(C)C(=O)c1ccc(CSc2nnc(Cc3ccccc3)n2-c2ccc(F)cc2)cc1. The van der Waals surface area contributed by atoms with Crippen molar-refractivity contribution in [1.29, 1.82) is 0 Å². The Kier molecular flexibility index (Phi) is 7.75. The maximum Gasteiger partial charge on any atom is 0.253 e. The molecule has 0 N–H and O–H groups in total. The van der Waals surface area contributed by atoms with Gasteiger partial charge in [-0.05, 0) is 53.9 Å². The number of benzene rings is 3. The first-order valence-corrected chi connectivity index (χ1v) is 12.2. The molecule has 0 atom stereocenters. The molecule has 0 fully saturated rings. The van der Waals surface area contributed by atoms with Gasteiger partial charge in [0.15, 0.2) is 5.16 Å². The molecule has 1 amide bonds. The maximum absolute atomic E-state index is 13.6. The van der Waals surface area contributed by atoms with Crippen LogP contribution in [0.4, 0.5) is 4.39 Å².